The van der Waals surface area contributed by atoms with Crippen LogP contribution in [0.3, 0.4) is 0 Å². The Balaban J connectivity index is 2.39. The van der Waals surface area contributed by atoms with Crippen LogP contribution in [0.25, 0.3) is 0 Å². The average Bonchev–Trinajstić information content (AvgIpc) is 2.71. The van der Waals surface area contributed by atoms with Gasteiger partial charge in [-0.25, -0.2) is 14.8 Å². The highest BCUT2D eigenvalue weighted by Gasteiger charge is 2.19. The summed E-state index contributed by atoms with van der Waals surface area (Å²) < 4.78 is 2.10. The first kappa shape index (κ1) is 15.7. The smallest absolute Gasteiger partial charge is 0.347 e. The molecule has 0 atom stereocenters. The third kappa shape index (κ3) is 3.33. The van der Waals surface area contributed by atoms with Crippen molar-refractivity contribution in [2.24, 2.45) is 0 Å². The minimum atomic E-state index is -1.01. The summed E-state index contributed by atoms with van der Waals surface area (Å²) in [5, 5.41) is 9.32. The van der Waals surface area contributed by atoms with Crippen LogP contribution < -0.4 is 5.56 Å². The van der Waals surface area contributed by atoms with Crippen LogP contribution in [0.5, 0.6) is 0 Å². The molecular formula is C13H15N3O3S2. The Bertz CT molecular complexity index is 744. The Hall–Kier alpha value is -1.67. The Kier molecular flexibility index (Phi) is 4.20. The van der Waals surface area contributed by atoms with Gasteiger partial charge in [0.05, 0.1) is 5.69 Å². The molecule has 0 aliphatic carbocycles. The lowest BCUT2D eigenvalue weighted by atomic mass is 10.1. The zero-order chi connectivity index (χ0) is 15.8. The number of nitrogens with zero attached hydrogens (tertiary/aromatic N) is 3. The highest BCUT2D eigenvalue weighted by molar-refractivity contribution is 8.01. The number of carboxylic acids is 1. The zero-order valence-electron chi connectivity index (χ0n) is 12.1. The summed E-state index contributed by atoms with van der Waals surface area (Å²) in [6.07, 6.45) is 3.20. The fourth-order valence-electron chi connectivity index (χ4n) is 1.69. The van der Waals surface area contributed by atoms with E-state index in [2.05, 4.69) is 9.97 Å². The molecule has 21 heavy (non-hydrogen) atoms. The van der Waals surface area contributed by atoms with Gasteiger partial charge in [0.1, 0.15) is 4.88 Å². The lowest BCUT2D eigenvalue weighted by Crippen LogP contribution is -2.34. The molecule has 6 nitrogen and oxygen atoms in total. The van der Waals surface area contributed by atoms with Gasteiger partial charge in [-0.05, 0) is 39.5 Å². The number of carbonyl (C=O) groups is 1. The van der Waals surface area contributed by atoms with Crippen LogP contribution in [0.15, 0.2) is 26.6 Å². The predicted octanol–water partition coefficient (Wildman–Crippen LogP) is 2.61. The summed E-state index contributed by atoms with van der Waals surface area (Å²) in [6, 6.07) is 0. The summed E-state index contributed by atoms with van der Waals surface area (Å²) in [4.78, 5) is 31.8. The van der Waals surface area contributed by atoms with Crippen LogP contribution in [0.2, 0.25) is 0 Å². The molecule has 2 heterocycles. The molecule has 8 heteroatoms. The van der Waals surface area contributed by atoms with E-state index >= 15 is 0 Å². The number of hydrogen-bond acceptors (Lipinski definition) is 6. The Morgan fingerprint density at radius 3 is 2.62 bits per heavy atom. The summed E-state index contributed by atoms with van der Waals surface area (Å²) in [7, 11) is 0. The van der Waals surface area contributed by atoms with Gasteiger partial charge in [-0.15, -0.1) is 0 Å². The second-order valence-corrected chi connectivity index (χ2v) is 7.61. The van der Waals surface area contributed by atoms with Crippen molar-refractivity contribution < 1.29 is 9.90 Å². The molecule has 0 aliphatic heterocycles. The number of aryl methyl sites for hydroxylation is 1. The van der Waals surface area contributed by atoms with E-state index in [9.17, 15) is 9.59 Å². The fourth-order valence-corrected chi connectivity index (χ4v) is 3.63. The maximum atomic E-state index is 12.4. The molecule has 2 aromatic rings. The van der Waals surface area contributed by atoms with Crippen LogP contribution in [0, 0.1) is 6.92 Å². The Labute approximate surface area is 129 Å². The number of aromatic carboxylic acids is 1. The van der Waals surface area contributed by atoms with Crippen molar-refractivity contribution in [3.8, 4) is 0 Å². The van der Waals surface area contributed by atoms with E-state index in [0.717, 1.165) is 23.1 Å². The van der Waals surface area contributed by atoms with Gasteiger partial charge in [-0.2, -0.15) is 0 Å². The molecule has 0 radical (unpaired) electrons. The fraction of sp³-hybridized carbons (Fsp3) is 0.385. The highest BCUT2D eigenvalue weighted by atomic mass is 32.2. The molecule has 0 aliphatic rings. The summed E-state index contributed by atoms with van der Waals surface area (Å²) in [5.41, 5.74) is -0.109. The monoisotopic (exact) mass is 325 g/mol. The summed E-state index contributed by atoms with van der Waals surface area (Å²) in [5.74, 6) is -1.01. The minimum Gasteiger partial charge on any atom is -0.477 e. The van der Waals surface area contributed by atoms with Crippen molar-refractivity contribution >= 4 is 29.1 Å². The van der Waals surface area contributed by atoms with E-state index in [4.69, 9.17) is 5.11 Å². The van der Waals surface area contributed by atoms with Gasteiger partial charge in [-0.1, -0.05) is 11.3 Å². The van der Waals surface area contributed by atoms with Crippen LogP contribution in [0.4, 0.5) is 0 Å². The summed E-state index contributed by atoms with van der Waals surface area (Å²) >= 11 is 2.15. The first-order valence-electron chi connectivity index (χ1n) is 6.17. The summed E-state index contributed by atoms with van der Waals surface area (Å²) in [6.45, 7) is 7.42. The van der Waals surface area contributed by atoms with Crippen molar-refractivity contribution in [2.45, 2.75) is 42.6 Å². The minimum absolute atomic E-state index is 0.185. The van der Waals surface area contributed by atoms with Crippen LogP contribution >= 0.6 is 23.1 Å². The van der Waals surface area contributed by atoms with Gasteiger partial charge in [0.2, 0.25) is 0 Å². The molecule has 2 rings (SSSR count). The molecule has 0 unspecified atom stereocenters. The molecule has 0 amide bonds. The van der Waals surface area contributed by atoms with E-state index in [1.807, 2.05) is 20.8 Å². The van der Waals surface area contributed by atoms with Crippen molar-refractivity contribution in [1.29, 1.82) is 0 Å². The third-order valence-corrected chi connectivity index (χ3v) is 4.87. The number of hydrogen-bond donors (Lipinski definition) is 1. The number of aromatic nitrogens is 3. The van der Waals surface area contributed by atoms with Gasteiger partial charge in [-0.3, -0.25) is 4.79 Å². The normalized spacial score (nSPS) is 11.6. The van der Waals surface area contributed by atoms with Crippen LogP contribution in [-0.4, -0.2) is 25.6 Å². The Morgan fingerprint density at radius 2 is 2.10 bits per heavy atom. The molecule has 112 valence electrons. The quantitative estimate of drug-likeness (QED) is 0.933. The van der Waals surface area contributed by atoms with E-state index < -0.39 is 5.97 Å². The first-order chi connectivity index (χ1) is 9.70. The van der Waals surface area contributed by atoms with Gasteiger partial charge in [0.15, 0.2) is 9.37 Å². The average molecular weight is 325 g/mol. The Morgan fingerprint density at radius 1 is 1.43 bits per heavy atom. The SMILES string of the molecule is Cc1nc(Sc2nccn(C(C)(C)C)c2=O)sc1C(=O)O. The number of rotatable bonds is 3. The van der Waals surface area contributed by atoms with Gasteiger partial charge >= 0.3 is 5.97 Å². The van der Waals surface area contributed by atoms with E-state index in [1.165, 1.54) is 0 Å². The van der Waals surface area contributed by atoms with Crippen molar-refractivity contribution in [3.63, 3.8) is 0 Å². The number of thiazole rings is 1. The van der Waals surface area contributed by atoms with Crippen LogP contribution in [0.1, 0.15) is 36.1 Å². The van der Waals surface area contributed by atoms with Gasteiger partial charge in [0, 0.05) is 17.9 Å². The second-order valence-electron chi connectivity index (χ2n) is 5.38. The largest absolute Gasteiger partial charge is 0.477 e. The molecule has 0 aromatic carbocycles. The molecular weight excluding hydrogens is 310 g/mol. The maximum absolute atomic E-state index is 12.4. The standard InChI is InChI=1S/C13H15N3O3S2/c1-7-8(11(18)19)20-12(15-7)21-9-10(17)16(6-5-14-9)13(2,3)4/h5-6H,1-4H3,(H,18,19). The second kappa shape index (κ2) is 5.61. The zero-order valence-corrected chi connectivity index (χ0v) is 13.7. The van der Waals surface area contributed by atoms with Crippen molar-refractivity contribution in [1.82, 2.24) is 14.5 Å². The molecule has 0 saturated carbocycles. The first-order valence-corrected chi connectivity index (χ1v) is 7.80. The lowest BCUT2D eigenvalue weighted by molar-refractivity contribution is 0.0701. The van der Waals surface area contributed by atoms with Crippen LogP contribution in [-0.2, 0) is 5.54 Å². The molecule has 0 fully saturated rings. The molecule has 0 spiro atoms. The van der Waals surface area contributed by atoms with Gasteiger partial charge < -0.3 is 9.67 Å². The van der Waals surface area contributed by atoms with Crippen molar-refractivity contribution in [2.75, 3.05) is 0 Å². The topological polar surface area (TPSA) is 85.1 Å². The van der Waals surface area contributed by atoms with Gasteiger partial charge in [0.25, 0.3) is 5.56 Å². The highest BCUT2D eigenvalue weighted by Crippen LogP contribution is 2.30. The molecule has 0 bridgehead atoms. The molecule has 0 saturated heterocycles. The molecule has 2 aromatic heterocycles. The number of carboxylic acid groups (broad SMARTS) is 1. The van der Waals surface area contributed by atoms with Crippen molar-refractivity contribution in [3.05, 3.63) is 33.3 Å². The maximum Gasteiger partial charge on any atom is 0.347 e. The predicted molar refractivity (Wildman–Crippen MR) is 81.4 cm³/mol. The van der Waals surface area contributed by atoms with E-state index in [0.29, 0.717) is 10.0 Å². The lowest BCUT2D eigenvalue weighted by Gasteiger charge is -2.22. The third-order valence-electron chi connectivity index (χ3n) is 2.69. The van der Waals surface area contributed by atoms with E-state index in [-0.39, 0.29) is 21.0 Å². The molecule has 1 N–H and O–H groups in total. The van der Waals surface area contributed by atoms with E-state index in [1.54, 1.807) is 23.9 Å².